The number of aryl methyl sites for hydroxylation is 1. The van der Waals surface area contributed by atoms with Gasteiger partial charge in [0.25, 0.3) is 11.6 Å². The van der Waals surface area contributed by atoms with Gasteiger partial charge in [-0.25, -0.2) is 0 Å². The first-order chi connectivity index (χ1) is 12.4. The Balaban J connectivity index is 1.76. The van der Waals surface area contributed by atoms with Crippen molar-refractivity contribution in [1.82, 2.24) is 0 Å². The molecule has 1 fully saturated rings. The van der Waals surface area contributed by atoms with Crippen LogP contribution >= 0.6 is 11.6 Å². The van der Waals surface area contributed by atoms with Gasteiger partial charge in [-0.05, 0) is 73.4 Å². The summed E-state index contributed by atoms with van der Waals surface area (Å²) in [6.45, 7) is 2.38. The lowest BCUT2D eigenvalue weighted by atomic mass is 9.91. The summed E-state index contributed by atoms with van der Waals surface area (Å²) in [4.78, 5) is 25.6. The van der Waals surface area contributed by atoms with Crippen LogP contribution in [0, 0.1) is 17.0 Å². The van der Waals surface area contributed by atoms with E-state index in [1.807, 2.05) is 23.1 Å². The van der Waals surface area contributed by atoms with Gasteiger partial charge in [0.1, 0.15) is 0 Å². The summed E-state index contributed by atoms with van der Waals surface area (Å²) in [6.07, 6.45) is 4.27. The topological polar surface area (TPSA) is 63.5 Å². The molecule has 0 unspecified atom stereocenters. The molecule has 4 rings (SSSR count). The van der Waals surface area contributed by atoms with Crippen LogP contribution < -0.4 is 4.90 Å². The van der Waals surface area contributed by atoms with Crippen LogP contribution in [0.15, 0.2) is 36.4 Å². The Bertz CT molecular complexity index is 921. The SMILES string of the molecule is Cc1cc([N+](=O)[O-])ccc1C(=O)N1CCCC2(CC2)c2cc(Cl)ccc21. The van der Waals surface area contributed by atoms with Crippen LogP contribution in [0.2, 0.25) is 5.02 Å². The van der Waals surface area contributed by atoms with Crippen molar-refractivity contribution in [3.63, 3.8) is 0 Å². The molecule has 0 radical (unpaired) electrons. The third-order valence-corrected chi connectivity index (χ3v) is 5.84. The van der Waals surface area contributed by atoms with Gasteiger partial charge in [0, 0.05) is 35.0 Å². The maximum absolute atomic E-state index is 13.3. The number of amides is 1. The molecule has 2 aromatic carbocycles. The maximum Gasteiger partial charge on any atom is 0.269 e. The van der Waals surface area contributed by atoms with Gasteiger partial charge in [-0.1, -0.05) is 11.6 Å². The molecule has 0 bridgehead atoms. The Morgan fingerprint density at radius 1 is 1.19 bits per heavy atom. The van der Waals surface area contributed by atoms with E-state index in [1.54, 1.807) is 13.0 Å². The lowest BCUT2D eigenvalue weighted by Crippen LogP contribution is -2.32. The molecule has 0 aromatic heterocycles. The lowest BCUT2D eigenvalue weighted by molar-refractivity contribution is -0.384. The van der Waals surface area contributed by atoms with Gasteiger partial charge >= 0.3 is 0 Å². The molecule has 1 heterocycles. The molecule has 134 valence electrons. The number of hydrogen-bond acceptors (Lipinski definition) is 3. The van der Waals surface area contributed by atoms with Gasteiger partial charge in [0.15, 0.2) is 0 Å². The standard InChI is InChI=1S/C20H19ClN2O3/c1-13-11-15(23(25)26)4-5-16(13)19(24)22-10-2-7-20(8-9-20)17-12-14(21)3-6-18(17)22/h3-6,11-12H,2,7-10H2,1H3. The van der Waals surface area contributed by atoms with Crippen molar-refractivity contribution in [3.05, 3.63) is 68.2 Å². The third-order valence-electron chi connectivity index (χ3n) is 5.61. The van der Waals surface area contributed by atoms with E-state index >= 15 is 0 Å². The number of benzene rings is 2. The van der Waals surface area contributed by atoms with Crippen LogP contribution in [0.3, 0.4) is 0 Å². The number of fused-ring (bicyclic) bond motifs is 2. The summed E-state index contributed by atoms with van der Waals surface area (Å²) < 4.78 is 0. The van der Waals surface area contributed by atoms with Gasteiger partial charge in [0.05, 0.1) is 4.92 Å². The second-order valence-corrected chi connectivity index (χ2v) is 7.69. The van der Waals surface area contributed by atoms with Crippen LogP contribution in [0.25, 0.3) is 0 Å². The largest absolute Gasteiger partial charge is 0.308 e. The highest BCUT2D eigenvalue weighted by Gasteiger charge is 2.47. The van der Waals surface area contributed by atoms with Crippen LogP contribution in [0.1, 0.15) is 47.2 Å². The lowest BCUT2D eigenvalue weighted by Gasteiger charge is -2.25. The minimum atomic E-state index is -0.443. The monoisotopic (exact) mass is 370 g/mol. The van der Waals surface area contributed by atoms with Crippen LogP contribution in [-0.2, 0) is 5.41 Å². The highest BCUT2D eigenvalue weighted by Crippen LogP contribution is 2.56. The number of anilines is 1. The first-order valence-electron chi connectivity index (χ1n) is 8.78. The fourth-order valence-corrected chi connectivity index (χ4v) is 4.20. The summed E-state index contributed by atoms with van der Waals surface area (Å²) in [7, 11) is 0. The van der Waals surface area contributed by atoms with Crippen molar-refractivity contribution in [3.8, 4) is 0 Å². The molecule has 2 aromatic rings. The zero-order chi connectivity index (χ0) is 18.5. The summed E-state index contributed by atoms with van der Waals surface area (Å²) in [5.41, 5.74) is 3.37. The number of nitrogens with zero attached hydrogens (tertiary/aromatic N) is 2. The molecular weight excluding hydrogens is 352 g/mol. The van der Waals surface area contributed by atoms with Gasteiger partial charge in [-0.15, -0.1) is 0 Å². The van der Waals surface area contributed by atoms with E-state index in [1.165, 1.54) is 12.1 Å². The van der Waals surface area contributed by atoms with Crippen molar-refractivity contribution in [2.24, 2.45) is 0 Å². The first-order valence-corrected chi connectivity index (χ1v) is 9.16. The number of hydrogen-bond donors (Lipinski definition) is 0. The second kappa shape index (κ2) is 6.09. The molecular formula is C20H19ClN2O3. The molecule has 1 saturated carbocycles. The quantitative estimate of drug-likeness (QED) is 0.550. The minimum absolute atomic E-state index is 0.000897. The summed E-state index contributed by atoms with van der Waals surface area (Å²) in [6, 6.07) is 10.2. The average molecular weight is 371 g/mol. The van der Waals surface area contributed by atoms with E-state index in [-0.39, 0.29) is 17.0 Å². The van der Waals surface area contributed by atoms with E-state index in [9.17, 15) is 14.9 Å². The minimum Gasteiger partial charge on any atom is -0.308 e. The van der Waals surface area contributed by atoms with E-state index in [2.05, 4.69) is 0 Å². The molecule has 5 nitrogen and oxygen atoms in total. The van der Waals surface area contributed by atoms with Crippen molar-refractivity contribution < 1.29 is 9.72 Å². The predicted octanol–water partition coefficient (Wildman–Crippen LogP) is 5.03. The van der Waals surface area contributed by atoms with Crippen LogP contribution in [0.4, 0.5) is 11.4 Å². The number of carbonyl (C=O) groups is 1. The summed E-state index contributed by atoms with van der Waals surface area (Å²) in [5.74, 6) is -0.112. The molecule has 1 spiro atoms. The molecule has 0 saturated heterocycles. The average Bonchev–Trinajstić information content (AvgIpc) is 3.41. The van der Waals surface area contributed by atoms with Gasteiger partial charge in [-0.3, -0.25) is 14.9 Å². The van der Waals surface area contributed by atoms with E-state index in [0.29, 0.717) is 22.7 Å². The fraction of sp³-hybridized carbons (Fsp3) is 0.350. The van der Waals surface area contributed by atoms with Crippen LogP contribution in [-0.4, -0.2) is 17.4 Å². The number of non-ortho nitro benzene ring substituents is 1. The van der Waals surface area contributed by atoms with Crippen molar-refractivity contribution in [1.29, 1.82) is 0 Å². The first kappa shape index (κ1) is 17.0. The van der Waals surface area contributed by atoms with Crippen LogP contribution in [0.5, 0.6) is 0 Å². The van der Waals surface area contributed by atoms with Crippen molar-refractivity contribution in [2.45, 2.75) is 38.0 Å². The van der Waals surface area contributed by atoms with Gasteiger partial charge in [0.2, 0.25) is 0 Å². The smallest absolute Gasteiger partial charge is 0.269 e. The Hall–Kier alpha value is -2.40. The summed E-state index contributed by atoms with van der Waals surface area (Å²) in [5, 5.41) is 11.6. The number of rotatable bonds is 2. The van der Waals surface area contributed by atoms with Crippen molar-refractivity contribution in [2.75, 3.05) is 11.4 Å². The summed E-state index contributed by atoms with van der Waals surface area (Å²) >= 11 is 6.23. The molecule has 0 N–H and O–H groups in total. The molecule has 6 heteroatoms. The Labute approximate surface area is 156 Å². The van der Waals surface area contributed by atoms with E-state index < -0.39 is 4.92 Å². The maximum atomic E-state index is 13.3. The van der Waals surface area contributed by atoms with E-state index in [4.69, 9.17) is 11.6 Å². The zero-order valence-corrected chi connectivity index (χ0v) is 15.3. The Kier molecular flexibility index (Phi) is 3.99. The molecule has 26 heavy (non-hydrogen) atoms. The van der Waals surface area contributed by atoms with Gasteiger partial charge < -0.3 is 4.90 Å². The zero-order valence-electron chi connectivity index (χ0n) is 14.5. The molecule has 1 amide bonds. The molecule has 2 aliphatic rings. The number of nitro benzene ring substituents is 1. The Morgan fingerprint density at radius 2 is 1.96 bits per heavy atom. The third kappa shape index (κ3) is 2.76. The van der Waals surface area contributed by atoms with Gasteiger partial charge in [-0.2, -0.15) is 0 Å². The number of carbonyl (C=O) groups excluding carboxylic acids is 1. The van der Waals surface area contributed by atoms with Crippen molar-refractivity contribution >= 4 is 28.9 Å². The predicted molar refractivity (Wildman–Crippen MR) is 101 cm³/mol. The highest BCUT2D eigenvalue weighted by molar-refractivity contribution is 6.30. The molecule has 1 aliphatic heterocycles. The fourth-order valence-electron chi connectivity index (χ4n) is 4.03. The Morgan fingerprint density at radius 3 is 2.62 bits per heavy atom. The normalized spacial score (nSPS) is 17.5. The molecule has 1 aliphatic carbocycles. The number of halogens is 1. The number of nitro groups is 1. The second-order valence-electron chi connectivity index (χ2n) is 7.26. The highest BCUT2D eigenvalue weighted by atomic mass is 35.5. The molecule has 0 atom stereocenters. The van der Waals surface area contributed by atoms with E-state index in [0.717, 1.165) is 36.9 Å².